The second kappa shape index (κ2) is 12.1. The van der Waals surface area contributed by atoms with Crippen molar-refractivity contribution in [2.45, 2.75) is 53.6 Å². The number of hydrogen-bond donors (Lipinski definition) is 1. The molecule has 0 spiro atoms. The number of amides is 2. The number of nitrogens with one attached hydrogen (secondary N) is 1. The number of rotatable bonds is 10. The van der Waals surface area contributed by atoms with Gasteiger partial charge < -0.3 is 15.0 Å². The van der Waals surface area contributed by atoms with Gasteiger partial charge in [0, 0.05) is 28.7 Å². The first kappa shape index (κ1) is 26.0. The molecule has 0 aliphatic heterocycles. The Bertz CT molecular complexity index is 927. The van der Waals surface area contributed by atoms with Crippen molar-refractivity contribution < 1.29 is 14.3 Å². The summed E-state index contributed by atoms with van der Waals surface area (Å²) in [4.78, 5) is 27.7. The summed E-state index contributed by atoms with van der Waals surface area (Å²) in [6.07, 6.45) is 0.446. The molecule has 0 fully saturated rings. The van der Waals surface area contributed by atoms with Crippen molar-refractivity contribution in [3.8, 4) is 5.75 Å². The Hall–Kier alpha value is -2.24. The zero-order chi connectivity index (χ0) is 23.8. The van der Waals surface area contributed by atoms with E-state index in [0.29, 0.717) is 40.2 Å². The lowest BCUT2D eigenvalue weighted by Crippen LogP contribution is -2.50. The third-order valence-electron chi connectivity index (χ3n) is 5.14. The molecule has 0 aliphatic rings. The van der Waals surface area contributed by atoms with Gasteiger partial charge in [0.1, 0.15) is 11.8 Å². The van der Waals surface area contributed by atoms with Gasteiger partial charge in [0.15, 0.2) is 6.61 Å². The van der Waals surface area contributed by atoms with Crippen LogP contribution in [0.25, 0.3) is 0 Å². The number of ether oxygens (including phenoxy) is 1. The van der Waals surface area contributed by atoms with Crippen LogP contribution in [0, 0.1) is 19.8 Å². The lowest BCUT2D eigenvalue weighted by molar-refractivity contribution is -0.143. The molecule has 0 heterocycles. The second-order valence-corrected chi connectivity index (χ2v) is 9.16. The van der Waals surface area contributed by atoms with Crippen molar-refractivity contribution >= 4 is 35.0 Å². The molecule has 2 aromatic carbocycles. The molecule has 0 radical (unpaired) electrons. The van der Waals surface area contributed by atoms with Crippen molar-refractivity contribution in [2.24, 2.45) is 5.92 Å². The first-order chi connectivity index (χ1) is 15.1. The first-order valence-corrected chi connectivity index (χ1v) is 11.6. The van der Waals surface area contributed by atoms with Crippen LogP contribution < -0.4 is 10.1 Å². The smallest absolute Gasteiger partial charge is 0.261 e. The zero-order valence-corrected chi connectivity index (χ0v) is 20.9. The average Bonchev–Trinajstić information content (AvgIpc) is 2.73. The van der Waals surface area contributed by atoms with Crippen LogP contribution >= 0.6 is 23.2 Å². The molecule has 0 bridgehead atoms. The third-order valence-corrected chi connectivity index (χ3v) is 5.85. The summed E-state index contributed by atoms with van der Waals surface area (Å²) < 4.78 is 5.82. The predicted molar refractivity (Wildman–Crippen MR) is 130 cm³/mol. The molecule has 174 valence electrons. The Morgan fingerprint density at radius 2 is 1.75 bits per heavy atom. The molecule has 7 heteroatoms. The molecular weight excluding hydrogens is 447 g/mol. The normalized spacial score (nSPS) is 11.9. The number of halogens is 2. The molecule has 0 saturated carbocycles. The molecule has 1 atom stereocenters. The topological polar surface area (TPSA) is 58.6 Å². The van der Waals surface area contributed by atoms with Crippen molar-refractivity contribution in [1.82, 2.24) is 10.2 Å². The third kappa shape index (κ3) is 7.14. The first-order valence-electron chi connectivity index (χ1n) is 10.8. The summed E-state index contributed by atoms with van der Waals surface area (Å²) in [6, 6.07) is 10.3. The minimum atomic E-state index is -0.670. The van der Waals surface area contributed by atoms with Gasteiger partial charge in [-0.25, -0.2) is 0 Å². The van der Waals surface area contributed by atoms with E-state index in [0.717, 1.165) is 11.1 Å². The van der Waals surface area contributed by atoms with Crippen LogP contribution in [0.2, 0.25) is 10.0 Å². The van der Waals surface area contributed by atoms with E-state index in [1.165, 1.54) is 4.90 Å². The van der Waals surface area contributed by atoms with Crippen molar-refractivity contribution in [1.29, 1.82) is 0 Å². The van der Waals surface area contributed by atoms with Gasteiger partial charge in [-0.15, -0.1) is 0 Å². The largest absolute Gasteiger partial charge is 0.483 e. The van der Waals surface area contributed by atoms with Gasteiger partial charge in [-0.3, -0.25) is 9.59 Å². The number of carbonyl (C=O) groups is 2. The van der Waals surface area contributed by atoms with E-state index < -0.39 is 6.04 Å². The Morgan fingerprint density at radius 1 is 1.09 bits per heavy atom. The molecule has 2 amide bonds. The van der Waals surface area contributed by atoms with Gasteiger partial charge >= 0.3 is 0 Å². The summed E-state index contributed by atoms with van der Waals surface area (Å²) in [5.41, 5.74) is 2.66. The maximum absolute atomic E-state index is 13.3. The molecule has 0 aliphatic carbocycles. The maximum Gasteiger partial charge on any atom is 0.261 e. The van der Waals surface area contributed by atoms with Crippen LogP contribution in [0.1, 0.15) is 43.9 Å². The van der Waals surface area contributed by atoms with Crippen molar-refractivity contribution in [3.05, 3.63) is 63.1 Å². The minimum absolute atomic E-state index is 0.112. The van der Waals surface area contributed by atoms with Crippen LogP contribution in [-0.2, 0) is 16.1 Å². The van der Waals surface area contributed by atoms with Gasteiger partial charge in [-0.1, -0.05) is 67.7 Å². The van der Waals surface area contributed by atoms with E-state index in [1.807, 2.05) is 52.8 Å². The van der Waals surface area contributed by atoms with Crippen LogP contribution in [-0.4, -0.2) is 35.9 Å². The van der Waals surface area contributed by atoms with Crippen LogP contribution in [0.4, 0.5) is 0 Å². The second-order valence-electron chi connectivity index (χ2n) is 8.34. The van der Waals surface area contributed by atoms with Crippen molar-refractivity contribution in [3.63, 3.8) is 0 Å². The highest BCUT2D eigenvalue weighted by atomic mass is 35.5. The summed E-state index contributed by atoms with van der Waals surface area (Å²) in [7, 11) is 0. The van der Waals surface area contributed by atoms with Crippen LogP contribution in [0.5, 0.6) is 5.75 Å². The maximum atomic E-state index is 13.3. The molecule has 2 aromatic rings. The molecule has 32 heavy (non-hydrogen) atoms. The lowest BCUT2D eigenvalue weighted by atomic mass is 10.1. The van der Waals surface area contributed by atoms with E-state index in [9.17, 15) is 9.59 Å². The zero-order valence-electron chi connectivity index (χ0n) is 19.4. The molecule has 2 rings (SSSR count). The highest BCUT2D eigenvalue weighted by molar-refractivity contribution is 6.36. The highest BCUT2D eigenvalue weighted by Gasteiger charge is 2.30. The Labute approximate surface area is 201 Å². The standard InChI is InChI=1S/C25H32Cl2N2O3/c1-6-22(25(31)28-13-16(2)3)29(14-19-20(26)8-7-9-21(19)27)24(30)15-32-23-11-10-17(4)12-18(23)5/h7-12,16,22H,6,13-15H2,1-5H3,(H,28,31). The summed E-state index contributed by atoms with van der Waals surface area (Å²) in [5.74, 6) is 0.417. The van der Waals surface area contributed by atoms with Crippen LogP contribution in [0.3, 0.4) is 0 Å². The Morgan fingerprint density at radius 3 is 2.31 bits per heavy atom. The number of benzene rings is 2. The number of hydrogen-bond acceptors (Lipinski definition) is 3. The number of aryl methyl sites for hydroxylation is 2. The fourth-order valence-corrected chi connectivity index (χ4v) is 3.90. The molecule has 1 N–H and O–H groups in total. The Kier molecular flexibility index (Phi) is 9.85. The minimum Gasteiger partial charge on any atom is -0.483 e. The van der Waals surface area contributed by atoms with Gasteiger partial charge in [0.05, 0.1) is 0 Å². The van der Waals surface area contributed by atoms with E-state index in [1.54, 1.807) is 18.2 Å². The van der Waals surface area contributed by atoms with E-state index in [4.69, 9.17) is 27.9 Å². The number of nitrogens with zero attached hydrogens (tertiary/aromatic N) is 1. The summed E-state index contributed by atoms with van der Waals surface area (Å²) in [6.45, 7) is 10.3. The monoisotopic (exact) mass is 478 g/mol. The quantitative estimate of drug-likeness (QED) is 0.485. The van der Waals surface area contributed by atoms with Crippen LogP contribution in [0.15, 0.2) is 36.4 Å². The fourth-order valence-electron chi connectivity index (χ4n) is 3.38. The predicted octanol–water partition coefficient (Wildman–Crippen LogP) is 5.57. The van der Waals surface area contributed by atoms with Gasteiger partial charge in [-0.05, 0) is 49.9 Å². The highest BCUT2D eigenvalue weighted by Crippen LogP contribution is 2.27. The van der Waals surface area contributed by atoms with Gasteiger partial charge in [0.2, 0.25) is 5.91 Å². The summed E-state index contributed by atoms with van der Waals surface area (Å²) >= 11 is 12.7. The molecule has 1 unspecified atom stereocenters. The van der Waals surface area contributed by atoms with Gasteiger partial charge in [0.25, 0.3) is 5.91 Å². The molecular formula is C25H32Cl2N2O3. The SMILES string of the molecule is CCC(C(=O)NCC(C)C)N(Cc1c(Cl)cccc1Cl)C(=O)COc1ccc(C)cc1C. The molecule has 5 nitrogen and oxygen atoms in total. The molecule has 0 aromatic heterocycles. The average molecular weight is 479 g/mol. The lowest BCUT2D eigenvalue weighted by Gasteiger charge is -2.31. The number of carbonyl (C=O) groups excluding carboxylic acids is 2. The van der Waals surface area contributed by atoms with E-state index in [2.05, 4.69) is 5.32 Å². The van der Waals surface area contributed by atoms with Crippen molar-refractivity contribution in [2.75, 3.05) is 13.2 Å². The van der Waals surface area contributed by atoms with E-state index in [-0.39, 0.29) is 25.0 Å². The fraction of sp³-hybridized carbons (Fsp3) is 0.440. The Balaban J connectivity index is 2.28. The molecule has 0 saturated heterocycles. The van der Waals surface area contributed by atoms with Gasteiger partial charge in [-0.2, -0.15) is 0 Å². The van der Waals surface area contributed by atoms with E-state index >= 15 is 0 Å². The summed E-state index contributed by atoms with van der Waals surface area (Å²) in [5, 5.41) is 3.83.